The largest absolute Gasteiger partial charge is 0.500 e. The third-order valence-electron chi connectivity index (χ3n) is 3.45. The molecule has 2 rings (SSSR count). The van der Waals surface area contributed by atoms with Crippen LogP contribution in [0.15, 0.2) is 0 Å². The van der Waals surface area contributed by atoms with Crippen LogP contribution in [-0.2, 0) is 18.0 Å². The second-order valence-electron chi connectivity index (χ2n) is 4.71. The molecule has 0 radical (unpaired) electrons. The quantitative estimate of drug-likeness (QED) is 0.446. The van der Waals surface area contributed by atoms with Gasteiger partial charge in [0.1, 0.15) is 0 Å². The van der Waals surface area contributed by atoms with Crippen molar-refractivity contribution in [2.75, 3.05) is 19.8 Å². The summed E-state index contributed by atoms with van der Waals surface area (Å²) in [5.74, 6) is 0. The molecule has 2 unspecified atom stereocenters. The minimum Gasteiger partial charge on any atom is -0.374 e. The van der Waals surface area contributed by atoms with Crippen molar-refractivity contribution < 1.29 is 18.0 Å². The molecule has 17 heavy (non-hydrogen) atoms. The number of ether oxygens (including phenoxy) is 1. The minimum absolute atomic E-state index is 0.283. The second-order valence-corrected chi connectivity index (χ2v) is 7.44. The molecule has 1 saturated heterocycles. The summed E-state index contributed by atoms with van der Waals surface area (Å²) in [6.07, 6.45) is 4.08. The maximum Gasteiger partial charge on any atom is 0.500 e. The van der Waals surface area contributed by atoms with Gasteiger partial charge in [-0.3, -0.25) is 0 Å². The second kappa shape index (κ2) is 5.36. The molecule has 1 aliphatic heterocycles. The fourth-order valence-electron chi connectivity index (χ4n) is 2.42. The van der Waals surface area contributed by atoms with Gasteiger partial charge in [-0.1, -0.05) is 0 Å². The highest BCUT2D eigenvalue weighted by Crippen LogP contribution is 2.62. The topological polar surface area (TPSA) is 40.2 Å². The monoisotopic (exact) mass is 260 g/mol. The maximum absolute atomic E-state index is 5.81. The molecule has 0 aromatic rings. The summed E-state index contributed by atoms with van der Waals surface area (Å²) in [5, 5.41) is 0. The van der Waals surface area contributed by atoms with Crippen LogP contribution in [0.1, 0.15) is 40.0 Å². The minimum atomic E-state index is -2.40. The first kappa shape index (κ1) is 13.5. The zero-order chi connectivity index (χ0) is 12.4. The molecule has 100 valence electrons. The van der Waals surface area contributed by atoms with Crippen molar-refractivity contribution in [1.29, 1.82) is 0 Å². The lowest BCUT2D eigenvalue weighted by molar-refractivity contribution is 0.0701. The maximum atomic E-state index is 5.81. The molecule has 0 N–H and O–H groups in total. The molecule has 0 aromatic heterocycles. The van der Waals surface area contributed by atoms with E-state index in [0.29, 0.717) is 25.9 Å². The van der Waals surface area contributed by atoms with Crippen LogP contribution in [0, 0.1) is 0 Å². The summed E-state index contributed by atoms with van der Waals surface area (Å²) in [4.78, 5) is 0. The van der Waals surface area contributed by atoms with Gasteiger partial charge in [-0.15, -0.1) is 0 Å². The van der Waals surface area contributed by atoms with E-state index < -0.39 is 8.80 Å². The van der Waals surface area contributed by atoms with Crippen LogP contribution >= 0.6 is 0 Å². The molecule has 2 fully saturated rings. The third kappa shape index (κ3) is 3.09. The Morgan fingerprint density at radius 2 is 1.59 bits per heavy atom. The highest BCUT2D eigenvalue weighted by Gasteiger charge is 2.72. The molecule has 0 spiro atoms. The van der Waals surface area contributed by atoms with Gasteiger partial charge < -0.3 is 18.0 Å². The standard InChI is InChI=1S/C12H24O4Si/c1-4-13-17(14-5-2,15-6-3)9-7-8-12-10-11(12)16-12/h11H,4-10H2,1-3H3. The molecule has 1 aliphatic carbocycles. The molecule has 0 aromatic carbocycles. The SMILES string of the molecule is CCO[Si](CCCC12CC1O2)(OCC)OCC. The number of hydrogen-bond donors (Lipinski definition) is 0. The van der Waals surface area contributed by atoms with Gasteiger partial charge in [0.25, 0.3) is 0 Å². The van der Waals surface area contributed by atoms with Gasteiger partial charge in [0.2, 0.25) is 0 Å². The van der Waals surface area contributed by atoms with E-state index in [2.05, 4.69) is 0 Å². The summed E-state index contributed by atoms with van der Waals surface area (Å²) in [6, 6.07) is 0.917. The summed E-state index contributed by atoms with van der Waals surface area (Å²) in [6.45, 7) is 7.99. The molecular formula is C12H24O4Si. The van der Waals surface area contributed by atoms with E-state index in [0.717, 1.165) is 18.9 Å². The van der Waals surface area contributed by atoms with E-state index >= 15 is 0 Å². The lowest BCUT2D eigenvalue weighted by Crippen LogP contribution is -2.46. The van der Waals surface area contributed by atoms with Gasteiger partial charge in [0.05, 0.1) is 11.7 Å². The van der Waals surface area contributed by atoms with Crippen molar-refractivity contribution in [3.8, 4) is 0 Å². The molecule has 0 bridgehead atoms. The Morgan fingerprint density at radius 3 is 1.94 bits per heavy atom. The summed E-state index contributed by atoms with van der Waals surface area (Å²) in [5.41, 5.74) is 0.283. The van der Waals surface area contributed by atoms with Crippen LogP contribution < -0.4 is 0 Å². The molecule has 1 heterocycles. The van der Waals surface area contributed by atoms with E-state index in [1.54, 1.807) is 0 Å². The smallest absolute Gasteiger partial charge is 0.374 e. The van der Waals surface area contributed by atoms with Crippen molar-refractivity contribution in [3.63, 3.8) is 0 Å². The van der Waals surface area contributed by atoms with Crippen molar-refractivity contribution in [3.05, 3.63) is 0 Å². The van der Waals surface area contributed by atoms with Crippen LogP contribution in [0.4, 0.5) is 0 Å². The summed E-state index contributed by atoms with van der Waals surface area (Å²) in [7, 11) is -2.40. The summed E-state index contributed by atoms with van der Waals surface area (Å²) >= 11 is 0. The van der Waals surface area contributed by atoms with E-state index in [9.17, 15) is 0 Å². The van der Waals surface area contributed by atoms with Crippen molar-refractivity contribution in [1.82, 2.24) is 0 Å². The number of epoxide rings is 1. The van der Waals surface area contributed by atoms with Crippen LogP contribution in [0.2, 0.25) is 6.04 Å². The van der Waals surface area contributed by atoms with E-state index in [4.69, 9.17) is 18.0 Å². The highest BCUT2D eigenvalue weighted by molar-refractivity contribution is 6.60. The number of rotatable bonds is 10. The Labute approximate surface area is 105 Å². The Hall–Kier alpha value is 0.0569. The van der Waals surface area contributed by atoms with Gasteiger partial charge in [0, 0.05) is 32.3 Å². The fourth-order valence-corrected chi connectivity index (χ4v) is 5.03. The van der Waals surface area contributed by atoms with Gasteiger partial charge in [-0.05, 0) is 33.6 Å². The average Bonchev–Trinajstić information content (AvgIpc) is 3.08. The first-order valence-electron chi connectivity index (χ1n) is 6.80. The predicted octanol–water partition coefficient (Wildman–Crippen LogP) is 2.36. The molecule has 4 nitrogen and oxygen atoms in total. The van der Waals surface area contributed by atoms with E-state index in [1.165, 1.54) is 6.42 Å². The Bertz CT molecular complexity index is 236. The van der Waals surface area contributed by atoms with Crippen LogP contribution in [-0.4, -0.2) is 40.3 Å². The molecular weight excluding hydrogens is 236 g/mol. The number of hydrogen-bond acceptors (Lipinski definition) is 4. The Balaban J connectivity index is 1.77. The Morgan fingerprint density at radius 1 is 1.12 bits per heavy atom. The van der Waals surface area contributed by atoms with Gasteiger partial charge in [-0.25, -0.2) is 0 Å². The van der Waals surface area contributed by atoms with E-state index in [-0.39, 0.29) is 5.60 Å². The number of fused-ring (bicyclic) bond motifs is 1. The van der Waals surface area contributed by atoms with E-state index in [1.807, 2.05) is 20.8 Å². The highest BCUT2D eigenvalue weighted by atomic mass is 28.4. The molecule has 5 heteroatoms. The lowest BCUT2D eigenvalue weighted by Gasteiger charge is -2.28. The normalized spacial score (nSPS) is 30.2. The zero-order valence-corrected chi connectivity index (χ0v) is 12.2. The van der Waals surface area contributed by atoms with Crippen LogP contribution in [0.5, 0.6) is 0 Å². The van der Waals surface area contributed by atoms with Crippen molar-refractivity contribution in [2.45, 2.75) is 57.8 Å². The first-order valence-corrected chi connectivity index (χ1v) is 8.73. The first-order chi connectivity index (χ1) is 8.20. The Kier molecular flexibility index (Phi) is 4.25. The zero-order valence-electron chi connectivity index (χ0n) is 11.2. The van der Waals surface area contributed by atoms with Gasteiger partial charge in [0.15, 0.2) is 0 Å². The predicted molar refractivity (Wildman–Crippen MR) is 66.9 cm³/mol. The van der Waals surface area contributed by atoms with Crippen LogP contribution in [0.3, 0.4) is 0 Å². The van der Waals surface area contributed by atoms with Crippen molar-refractivity contribution >= 4 is 8.80 Å². The van der Waals surface area contributed by atoms with Gasteiger partial charge in [-0.2, -0.15) is 0 Å². The lowest BCUT2D eigenvalue weighted by atomic mass is 10.2. The molecule has 0 amide bonds. The summed E-state index contributed by atoms with van der Waals surface area (Å²) < 4.78 is 22.9. The van der Waals surface area contributed by atoms with Crippen LogP contribution in [0.25, 0.3) is 0 Å². The molecule has 2 aliphatic rings. The van der Waals surface area contributed by atoms with Crippen molar-refractivity contribution in [2.24, 2.45) is 0 Å². The fraction of sp³-hybridized carbons (Fsp3) is 1.00. The third-order valence-corrected chi connectivity index (χ3v) is 6.60. The molecule has 1 saturated carbocycles. The molecule has 2 atom stereocenters. The van der Waals surface area contributed by atoms with Gasteiger partial charge >= 0.3 is 8.80 Å². The average molecular weight is 260 g/mol.